The normalized spacial score (nSPS) is 11.2. The lowest BCUT2D eigenvalue weighted by Crippen LogP contribution is -2.10. The molecule has 5 rings (SSSR count). The van der Waals surface area contributed by atoms with E-state index in [2.05, 4.69) is 10.3 Å². The van der Waals surface area contributed by atoms with Gasteiger partial charge in [0, 0.05) is 22.2 Å². The molecule has 11 heteroatoms. The first-order valence-corrected chi connectivity index (χ1v) is 11.3. The van der Waals surface area contributed by atoms with Gasteiger partial charge in [0.15, 0.2) is 5.58 Å². The van der Waals surface area contributed by atoms with Crippen LogP contribution in [0.5, 0.6) is 0 Å². The van der Waals surface area contributed by atoms with Crippen molar-refractivity contribution < 1.29 is 14.1 Å². The van der Waals surface area contributed by atoms with Crippen LogP contribution in [0.1, 0.15) is 9.67 Å². The largest absolute Gasteiger partial charge is 0.436 e. The fraction of sp³-hybridized carbons (Fsp3) is 0. The van der Waals surface area contributed by atoms with Crippen LogP contribution in [0.25, 0.3) is 32.6 Å². The van der Waals surface area contributed by atoms with Crippen molar-refractivity contribution in [2.75, 3.05) is 5.32 Å². The van der Waals surface area contributed by atoms with Crippen molar-refractivity contribution in [1.29, 1.82) is 0 Å². The fourth-order valence-electron chi connectivity index (χ4n) is 3.34. The first-order valence-electron chi connectivity index (χ1n) is 9.34. The van der Waals surface area contributed by atoms with Crippen molar-refractivity contribution in [3.63, 3.8) is 0 Å². The Hall–Kier alpha value is -3.17. The second-order valence-electron chi connectivity index (χ2n) is 6.94. The number of aromatic nitrogens is 1. The lowest BCUT2D eigenvalue weighted by atomic mass is 10.2. The Kier molecular flexibility index (Phi) is 5.46. The van der Waals surface area contributed by atoms with Crippen molar-refractivity contribution in [1.82, 2.24) is 4.98 Å². The minimum Gasteiger partial charge on any atom is -0.436 e. The molecule has 0 aliphatic heterocycles. The highest BCUT2D eigenvalue weighted by Crippen LogP contribution is 2.40. The highest BCUT2D eigenvalue weighted by Gasteiger charge is 2.23. The van der Waals surface area contributed by atoms with Gasteiger partial charge in [-0.05, 0) is 36.4 Å². The summed E-state index contributed by atoms with van der Waals surface area (Å²) in [6.45, 7) is 0. The number of halogens is 3. The SMILES string of the molecule is O=C(Nc1ccc2oc(-c3ccc(Cl)cc3Cl)nc2c1)c1sc2c([N+](=O)[O-])cccc2c1Cl. The summed E-state index contributed by atoms with van der Waals surface area (Å²) >= 11 is 19.5. The van der Waals surface area contributed by atoms with Crippen LogP contribution in [-0.4, -0.2) is 15.8 Å². The van der Waals surface area contributed by atoms with Crippen molar-refractivity contribution in [2.45, 2.75) is 0 Å². The van der Waals surface area contributed by atoms with Crippen molar-refractivity contribution >= 4 is 84.6 Å². The lowest BCUT2D eigenvalue weighted by Gasteiger charge is -2.03. The molecule has 5 aromatic rings. The number of fused-ring (bicyclic) bond motifs is 2. The Morgan fingerprint density at radius 3 is 2.67 bits per heavy atom. The number of amides is 1. The molecule has 3 aromatic carbocycles. The molecule has 0 spiro atoms. The van der Waals surface area contributed by atoms with E-state index in [0.29, 0.717) is 48.4 Å². The molecule has 0 radical (unpaired) electrons. The van der Waals surface area contributed by atoms with E-state index in [0.717, 1.165) is 11.3 Å². The number of nitro benzene ring substituents is 1. The average Bonchev–Trinajstić information content (AvgIpc) is 3.34. The monoisotopic (exact) mass is 517 g/mol. The summed E-state index contributed by atoms with van der Waals surface area (Å²) in [5, 5.41) is 15.6. The third kappa shape index (κ3) is 3.91. The van der Waals surface area contributed by atoms with Gasteiger partial charge in [-0.2, -0.15) is 0 Å². The van der Waals surface area contributed by atoms with Crippen molar-refractivity contribution in [3.8, 4) is 11.5 Å². The molecule has 1 amide bonds. The number of nitro groups is 1. The first-order chi connectivity index (χ1) is 15.8. The zero-order valence-electron chi connectivity index (χ0n) is 16.3. The summed E-state index contributed by atoms with van der Waals surface area (Å²) in [5.41, 5.74) is 1.95. The third-order valence-electron chi connectivity index (χ3n) is 4.84. The summed E-state index contributed by atoms with van der Waals surface area (Å²) in [6.07, 6.45) is 0. The Morgan fingerprint density at radius 1 is 1.09 bits per heavy atom. The van der Waals surface area contributed by atoms with Gasteiger partial charge in [0.1, 0.15) is 15.1 Å². The highest BCUT2D eigenvalue weighted by molar-refractivity contribution is 7.22. The summed E-state index contributed by atoms with van der Waals surface area (Å²) in [7, 11) is 0. The Labute approximate surface area is 204 Å². The van der Waals surface area contributed by atoms with E-state index in [9.17, 15) is 14.9 Å². The fourth-order valence-corrected chi connectivity index (χ4v) is 5.31. The molecule has 0 saturated heterocycles. The predicted molar refractivity (Wildman–Crippen MR) is 131 cm³/mol. The number of hydrogen-bond donors (Lipinski definition) is 1. The summed E-state index contributed by atoms with van der Waals surface area (Å²) in [4.78, 5) is 28.3. The quantitative estimate of drug-likeness (QED) is 0.193. The number of non-ortho nitro benzene ring substituents is 1. The first kappa shape index (κ1) is 21.7. The molecule has 33 heavy (non-hydrogen) atoms. The number of nitrogens with zero attached hydrogens (tertiary/aromatic N) is 2. The number of carbonyl (C=O) groups excluding carboxylic acids is 1. The number of thiophene rings is 1. The summed E-state index contributed by atoms with van der Waals surface area (Å²) in [5.74, 6) is -0.172. The smallest absolute Gasteiger partial charge is 0.287 e. The van der Waals surface area contributed by atoms with Crippen LogP contribution in [0.3, 0.4) is 0 Å². The summed E-state index contributed by atoms with van der Waals surface area (Å²) in [6, 6.07) is 14.5. The van der Waals surface area contributed by atoms with Crippen LogP contribution in [-0.2, 0) is 0 Å². The molecular weight excluding hydrogens is 509 g/mol. The Morgan fingerprint density at radius 2 is 1.91 bits per heavy atom. The Bertz CT molecular complexity index is 1600. The van der Waals surface area contributed by atoms with Gasteiger partial charge in [-0.1, -0.05) is 46.9 Å². The maximum atomic E-state index is 12.9. The van der Waals surface area contributed by atoms with E-state index >= 15 is 0 Å². The average molecular weight is 519 g/mol. The molecule has 164 valence electrons. The molecule has 0 atom stereocenters. The van der Waals surface area contributed by atoms with Crippen LogP contribution in [0.2, 0.25) is 15.1 Å². The van der Waals surface area contributed by atoms with Gasteiger partial charge in [0.2, 0.25) is 5.89 Å². The van der Waals surface area contributed by atoms with E-state index in [4.69, 9.17) is 39.2 Å². The second kappa shape index (κ2) is 8.31. The molecule has 7 nitrogen and oxygen atoms in total. The molecule has 2 aromatic heterocycles. The maximum Gasteiger partial charge on any atom is 0.287 e. The zero-order valence-corrected chi connectivity index (χ0v) is 19.3. The van der Waals surface area contributed by atoms with Crippen LogP contribution in [0.15, 0.2) is 59.0 Å². The van der Waals surface area contributed by atoms with Gasteiger partial charge in [-0.15, -0.1) is 11.3 Å². The third-order valence-corrected chi connectivity index (χ3v) is 7.12. The second-order valence-corrected chi connectivity index (χ2v) is 9.18. The molecular formula is C22H10Cl3N3O4S. The van der Waals surface area contributed by atoms with Gasteiger partial charge in [-0.3, -0.25) is 14.9 Å². The van der Waals surface area contributed by atoms with E-state index in [-0.39, 0.29) is 15.6 Å². The topological polar surface area (TPSA) is 98.3 Å². The lowest BCUT2D eigenvalue weighted by molar-refractivity contribution is -0.382. The van der Waals surface area contributed by atoms with Crippen LogP contribution in [0, 0.1) is 10.1 Å². The number of hydrogen-bond acceptors (Lipinski definition) is 6. The molecule has 0 saturated carbocycles. The molecule has 1 N–H and O–H groups in total. The minimum absolute atomic E-state index is 0.101. The van der Waals surface area contributed by atoms with Crippen LogP contribution >= 0.6 is 46.1 Å². The van der Waals surface area contributed by atoms with Crippen LogP contribution in [0.4, 0.5) is 11.4 Å². The number of nitrogens with one attached hydrogen (secondary N) is 1. The van der Waals surface area contributed by atoms with Gasteiger partial charge in [0.05, 0.1) is 20.5 Å². The van der Waals surface area contributed by atoms with E-state index in [1.807, 2.05) is 0 Å². The van der Waals surface area contributed by atoms with E-state index in [1.165, 1.54) is 12.1 Å². The summed E-state index contributed by atoms with van der Waals surface area (Å²) < 4.78 is 6.12. The molecule has 0 bridgehead atoms. The Balaban J connectivity index is 1.47. The van der Waals surface area contributed by atoms with Crippen molar-refractivity contribution in [3.05, 3.63) is 84.7 Å². The predicted octanol–water partition coefficient (Wildman–Crippen LogP) is 7.83. The molecule has 2 heterocycles. The minimum atomic E-state index is -0.500. The number of anilines is 1. The van der Waals surface area contributed by atoms with Crippen LogP contribution < -0.4 is 5.32 Å². The number of rotatable bonds is 4. The number of carbonyl (C=O) groups is 1. The number of oxazole rings is 1. The van der Waals surface area contributed by atoms with Gasteiger partial charge < -0.3 is 9.73 Å². The van der Waals surface area contributed by atoms with Gasteiger partial charge in [-0.25, -0.2) is 4.98 Å². The van der Waals surface area contributed by atoms with Gasteiger partial charge >= 0.3 is 0 Å². The molecule has 0 unspecified atom stereocenters. The maximum absolute atomic E-state index is 12.9. The van der Waals surface area contributed by atoms with Crippen molar-refractivity contribution in [2.24, 2.45) is 0 Å². The standard InChI is InChI=1S/C22H10Cl3N3O4S/c23-10-4-6-12(14(24)8-10)22-27-15-9-11(5-7-17(15)32-22)26-21(29)20-18(25)13-2-1-3-16(28(30)31)19(13)33-20/h1-9H,(H,26,29). The highest BCUT2D eigenvalue weighted by atomic mass is 35.5. The van der Waals surface area contributed by atoms with E-state index in [1.54, 1.807) is 42.5 Å². The number of benzene rings is 3. The molecule has 0 aliphatic rings. The zero-order chi connectivity index (χ0) is 23.3. The van der Waals surface area contributed by atoms with Gasteiger partial charge in [0.25, 0.3) is 11.6 Å². The molecule has 0 fully saturated rings. The molecule has 0 aliphatic carbocycles. The van der Waals surface area contributed by atoms with E-state index < -0.39 is 10.8 Å².